The Balaban J connectivity index is 1.53. The van der Waals surface area contributed by atoms with Gasteiger partial charge < -0.3 is 10.3 Å². The quantitative estimate of drug-likeness (QED) is 0.356. The summed E-state index contributed by atoms with van der Waals surface area (Å²) < 4.78 is 54.0. The van der Waals surface area contributed by atoms with E-state index in [0.29, 0.717) is 16.7 Å². The van der Waals surface area contributed by atoms with Gasteiger partial charge in [-0.05, 0) is 73.6 Å². The van der Waals surface area contributed by atoms with Crippen LogP contribution in [0.3, 0.4) is 0 Å². The van der Waals surface area contributed by atoms with E-state index in [9.17, 15) is 27.2 Å². The van der Waals surface area contributed by atoms with Gasteiger partial charge in [0.15, 0.2) is 5.69 Å². The Kier molecular flexibility index (Phi) is 5.69. The number of fused-ring (bicyclic) bond motifs is 1. The van der Waals surface area contributed by atoms with Crippen molar-refractivity contribution in [1.29, 1.82) is 0 Å². The van der Waals surface area contributed by atoms with Crippen molar-refractivity contribution in [3.05, 3.63) is 92.8 Å². The number of nitrogens with one attached hydrogen (secondary N) is 2. The molecule has 1 aliphatic rings. The van der Waals surface area contributed by atoms with Crippen molar-refractivity contribution in [2.24, 2.45) is 0 Å². The summed E-state index contributed by atoms with van der Waals surface area (Å²) in [7, 11) is 0. The van der Waals surface area contributed by atoms with Crippen LogP contribution in [0.15, 0.2) is 53.5 Å². The lowest BCUT2D eigenvalue weighted by Gasteiger charge is -2.14. The molecule has 1 saturated carbocycles. The summed E-state index contributed by atoms with van der Waals surface area (Å²) in [6.45, 7) is 3.11. The number of halogens is 4. The highest BCUT2D eigenvalue weighted by molar-refractivity contribution is 5.96. The van der Waals surface area contributed by atoms with Gasteiger partial charge in [-0.25, -0.2) is 8.91 Å². The van der Waals surface area contributed by atoms with Crippen LogP contribution in [0.2, 0.25) is 0 Å². The maximum absolute atomic E-state index is 13.2. The maximum atomic E-state index is 13.2. The number of rotatable bonds is 5. The van der Waals surface area contributed by atoms with E-state index in [0.717, 1.165) is 18.9 Å². The van der Waals surface area contributed by atoms with Gasteiger partial charge in [-0.2, -0.15) is 18.3 Å². The van der Waals surface area contributed by atoms with Crippen molar-refractivity contribution < 1.29 is 22.4 Å². The van der Waals surface area contributed by atoms with Gasteiger partial charge in [-0.3, -0.25) is 9.59 Å². The van der Waals surface area contributed by atoms with Crippen LogP contribution in [0.5, 0.6) is 0 Å². The minimum Gasteiger partial charge on any atom is -0.344 e. The van der Waals surface area contributed by atoms with E-state index >= 15 is 0 Å². The number of aromatic nitrogens is 3. The number of carbonyl (C=O) groups is 1. The summed E-state index contributed by atoms with van der Waals surface area (Å²) in [6.07, 6.45) is -1.35. The van der Waals surface area contributed by atoms with Gasteiger partial charge in [-0.1, -0.05) is 18.2 Å². The number of hydrogen-bond donors (Lipinski definition) is 2. The van der Waals surface area contributed by atoms with Gasteiger partial charge >= 0.3 is 6.18 Å². The third-order valence-corrected chi connectivity index (χ3v) is 6.42. The number of nitrogens with zero attached hydrogens (tertiary/aromatic N) is 2. The molecule has 6 nitrogen and oxygen atoms in total. The molecule has 0 aliphatic heterocycles. The van der Waals surface area contributed by atoms with Crippen LogP contribution in [-0.2, 0) is 6.18 Å². The summed E-state index contributed by atoms with van der Waals surface area (Å²) in [5, 5.41) is 7.26. The van der Waals surface area contributed by atoms with Crippen LogP contribution < -0.4 is 10.9 Å². The van der Waals surface area contributed by atoms with Gasteiger partial charge in [-0.15, -0.1) is 0 Å². The Morgan fingerprint density at radius 2 is 1.86 bits per heavy atom. The first-order valence-corrected chi connectivity index (χ1v) is 11.4. The van der Waals surface area contributed by atoms with Crippen molar-refractivity contribution in [1.82, 2.24) is 19.9 Å². The topological polar surface area (TPSA) is 79.3 Å². The van der Waals surface area contributed by atoms with E-state index in [2.05, 4.69) is 15.4 Å². The average Bonchev–Trinajstić information content (AvgIpc) is 3.57. The van der Waals surface area contributed by atoms with Crippen molar-refractivity contribution in [3.63, 3.8) is 0 Å². The molecule has 36 heavy (non-hydrogen) atoms. The normalized spacial score (nSPS) is 14.7. The highest BCUT2D eigenvalue weighted by Crippen LogP contribution is 2.43. The standard InChI is InChI=1S/C26H22F4N4O2/c1-13-11-17(7-10-19(13)26(28,29)30)20-12-34-23(25(36)32-20)21(16-3-4-16)22(33-34)24(35)31-14(2)15-5-8-18(27)9-6-15/h5-12,14,16H,3-4H2,1-2H3,(H,31,35)(H,32,36). The molecular weight excluding hydrogens is 476 g/mol. The lowest BCUT2D eigenvalue weighted by atomic mass is 10.0. The smallest absolute Gasteiger partial charge is 0.344 e. The Labute approximate surface area is 203 Å². The molecule has 4 aromatic rings. The molecule has 0 saturated heterocycles. The van der Waals surface area contributed by atoms with Crippen molar-refractivity contribution in [2.45, 2.75) is 44.8 Å². The van der Waals surface area contributed by atoms with Crippen LogP contribution in [0.1, 0.15) is 64.5 Å². The summed E-state index contributed by atoms with van der Waals surface area (Å²) >= 11 is 0. The molecule has 1 amide bonds. The highest BCUT2D eigenvalue weighted by atomic mass is 19.4. The van der Waals surface area contributed by atoms with Crippen LogP contribution in [0, 0.1) is 12.7 Å². The zero-order chi connectivity index (χ0) is 25.8. The average molecular weight is 498 g/mol. The molecule has 1 unspecified atom stereocenters. The Bertz CT molecular complexity index is 1530. The number of alkyl halides is 3. The lowest BCUT2D eigenvalue weighted by Crippen LogP contribution is -2.27. The lowest BCUT2D eigenvalue weighted by molar-refractivity contribution is -0.138. The predicted octanol–water partition coefficient (Wildman–Crippen LogP) is 5.52. The molecule has 2 N–H and O–H groups in total. The second-order valence-electron chi connectivity index (χ2n) is 9.10. The van der Waals surface area contributed by atoms with E-state index in [1.807, 2.05) is 0 Å². The number of H-pyrrole nitrogens is 1. The number of aromatic amines is 1. The van der Waals surface area contributed by atoms with Crippen molar-refractivity contribution in [3.8, 4) is 11.3 Å². The van der Waals surface area contributed by atoms with Gasteiger partial charge in [0.2, 0.25) is 0 Å². The second-order valence-corrected chi connectivity index (χ2v) is 9.10. The highest BCUT2D eigenvalue weighted by Gasteiger charge is 2.35. The minimum atomic E-state index is -4.48. The monoisotopic (exact) mass is 498 g/mol. The first-order valence-electron chi connectivity index (χ1n) is 11.4. The van der Waals surface area contributed by atoms with Gasteiger partial charge in [0.25, 0.3) is 11.5 Å². The zero-order valence-electron chi connectivity index (χ0n) is 19.4. The molecular formula is C26H22F4N4O2. The molecule has 186 valence electrons. The molecule has 0 spiro atoms. The molecule has 5 rings (SSSR count). The number of aryl methyl sites for hydroxylation is 1. The van der Waals surface area contributed by atoms with Gasteiger partial charge in [0.05, 0.1) is 23.5 Å². The number of amides is 1. The molecule has 0 radical (unpaired) electrons. The van der Waals surface area contributed by atoms with Crippen molar-refractivity contribution in [2.75, 3.05) is 0 Å². The van der Waals surface area contributed by atoms with Crippen LogP contribution in [-0.4, -0.2) is 20.5 Å². The van der Waals surface area contributed by atoms with E-state index in [1.165, 1.54) is 41.9 Å². The third-order valence-electron chi connectivity index (χ3n) is 6.42. The first-order chi connectivity index (χ1) is 17.0. The van der Waals surface area contributed by atoms with Gasteiger partial charge in [0.1, 0.15) is 11.3 Å². The van der Waals surface area contributed by atoms with Crippen LogP contribution in [0.4, 0.5) is 17.6 Å². The number of benzene rings is 2. The fourth-order valence-electron chi connectivity index (χ4n) is 4.43. The Hall–Kier alpha value is -3.95. The fourth-order valence-corrected chi connectivity index (χ4v) is 4.43. The third kappa shape index (κ3) is 4.38. The second kappa shape index (κ2) is 8.61. The minimum absolute atomic E-state index is 0.0182. The molecule has 1 aliphatic carbocycles. The number of hydrogen-bond acceptors (Lipinski definition) is 3. The summed E-state index contributed by atoms with van der Waals surface area (Å²) in [6, 6.07) is 8.95. The SMILES string of the molecule is Cc1cc(-c2cn3nc(C(=O)NC(C)c4ccc(F)cc4)c(C4CC4)c3c(=O)[nH]2)ccc1C(F)(F)F. The van der Waals surface area contributed by atoms with Crippen LogP contribution in [0.25, 0.3) is 16.8 Å². The largest absolute Gasteiger partial charge is 0.416 e. The van der Waals surface area contributed by atoms with Crippen LogP contribution >= 0.6 is 0 Å². The Morgan fingerprint density at radius 1 is 1.17 bits per heavy atom. The first kappa shape index (κ1) is 23.8. The summed E-state index contributed by atoms with van der Waals surface area (Å²) in [4.78, 5) is 29.0. The molecule has 1 atom stereocenters. The predicted molar refractivity (Wildman–Crippen MR) is 125 cm³/mol. The Morgan fingerprint density at radius 3 is 2.47 bits per heavy atom. The molecule has 2 heterocycles. The summed E-state index contributed by atoms with van der Waals surface area (Å²) in [5.41, 5.74) is 1.08. The fraction of sp³-hybridized carbons (Fsp3) is 0.269. The van der Waals surface area contributed by atoms with E-state index in [-0.39, 0.29) is 34.2 Å². The molecule has 2 aromatic carbocycles. The van der Waals surface area contributed by atoms with E-state index in [4.69, 9.17) is 0 Å². The summed E-state index contributed by atoms with van der Waals surface area (Å²) in [5.74, 6) is -0.833. The molecule has 10 heteroatoms. The number of carbonyl (C=O) groups excluding carboxylic acids is 1. The van der Waals surface area contributed by atoms with E-state index in [1.54, 1.807) is 19.1 Å². The molecule has 1 fully saturated rings. The maximum Gasteiger partial charge on any atom is 0.416 e. The molecule has 2 aromatic heterocycles. The van der Waals surface area contributed by atoms with Gasteiger partial charge in [0, 0.05) is 5.56 Å². The van der Waals surface area contributed by atoms with E-state index < -0.39 is 29.2 Å². The zero-order valence-corrected chi connectivity index (χ0v) is 19.4. The molecule has 0 bridgehead atoms. The van der Waals surface area contributed by atoms with Crippen molar-refractivity contribution >= 4 is 11.4 Å².